The fourth-order valence-electron chi connectivity index (χ4n) is 2.80. The first-order valence-corrected chi connectivity index (χ1v) is 10.2. The van der Waals surface area contributed by atoms with Crippen LogP contribution in [0.5, 0.6) is 5.75 Å². The van der Waals surface area contributed by atoms with Crippen LogP contribution in [0.3, 0.4) is 0 Å². The predicted octanol–water partition coefficient (Wildman–Crippen LogP) is 3.85. The van der Waals surface area contributed by atoms with E-state index in [4.69, 9.17) is 4.74 Å². The van der Waals surface area contributed by atoms with Gasteiger partial charge in [-0.3, -0.25) is 4.79 Å². The number of thiazole rings is 1. The Labute approximate surface area is 166 Å². The number of fused-ring (bicyclic) bond motifs is 1. The molecule has 2 heterocycles. The molecule has 0 fully saturated rings. The van der Waals surface area contributed by atoms with Crippen LogP contribution >= 0.6 is 11.3 Å². The van der Waals surface area contributed by atoms with E-state index in [1.807, 2.05) is 61.5 Å². The van der Waals surface area contributed by atoms with Gasteiger partial charge in [-0.25, -0.2) is 0 Å². The van der Waals surface area contributed by atoms with Gasteiger partial charge >= 0.3 is 0 Å². The van der Waals surface area contributed by atoms with E-state index in [9.17, 15) is 4.79 Å². The van der Waals surface area contributed by atoms with E-state index in [-0.39, 0.29) is 5.56 Å². The Hall–Kier alpha value is -2.99. The summed E-state index contributed by atoms with van der Waals surface area (Å²) in [5, 5.41) is 4.41. The van der Waals surface area contributed by atoms with Gasteiger partial charge in [0.1, 0.15) is 5.75 Å². The maximum absolute atomic E-state index is 12.7. The van der Waals surface area contributed by atoms with Crippen molar-refractivity contribution < 1.29 is 4.74 Å². The Morgan fingerprint density at radius 1 is 1.11 bits per heavy atom. The molecule has 0 amide bonds. The Bertz CT molecular complexity index is 1190. The maximum atomic E-state index is 12.7. The Kier molecular flexibility index (Phi) is 5.21. The summed E-state index contributed by atoms with van der Waals surface area (Å²) < 4.78 is 7.69. The zero-order chi connectivity index (χ0) is 19.5. The van der Waals surface area contributed by atoms with E-state index in [1.165, 1.54) is 21.4 Å². The second-order valence-corrected chi connectivity index (χ2v) is 7.69. The molecule has 0 N–H and O–H groups in total. The van der Waals surface area contributed by atoms with E-state index in [0.29, 0.717) is 21.9 Å². The lowest BCUT2D eigenvalue weighted by Crippen LogP contribution is -2.23. The molecule has 0 spiro atoms. The highest BCUT2D eigenvalue weighted by atomic mass is 32.1. The zero-order valence-corrected chi connectivity index (χ0v) is 16.7. The number of ether oxygens (including phenoxy) is 1. The van der Waals surface area contributed by atoms with Crippen LogP contribution in [0.25, 0.3) is 22.4 Å². The molecule has 0 atom stereocenters. The SMILES string of the molecule is CCCCOc1ccc(-c2nc3sc(=Cc4ccc(C)cc4)c(=O)n3n2)cc1. The lowest BCUT2D eigenvalue weighted by molar-refractivity contribution is 0.309. The number of nitrogens with zero attached hydrogens (tertiary/aromatic N) is 3. The van der Waals surface area contributed by atoms with E-state index < -0.39 is 0 Å². The Morgan fingerprint density at radius 3 is 2.54 bits per heavy atom. The summed E-state index contributed by atoms with van der Waals surface area (Å²) in [6.45, 7) is 4.89. The summed E-state index contributed by atoms with van der Waals surface area (Å²) in [4.78, 5) is 17.8. The topological polar surface area (TPSA) is 56.5 Å². The van der Waals surface area contributed by atoms with Crippen molar-refractivity contribution in [1.29, 1.82) is 0 Å². The fraction of sp³-hybridized carbons (Fsp3) is 0.227. The molecule has 0 bridgehead atoms. The number of hydrogen-bond acceptors (Lipinski definition) is 5. The molecule has 0 aliphatic rings. The minimum Gasteiger partial charge on any atom is -0.494 e. The van der Waals surface area contributed by atoms with E-state index in [2.05, 4.69) is 17.0 Å². The van der Waals surface area contributed by atoms with Crippen LogP contribution in [0.15, 0.2) is 53.3 Å². The van der Waals surface area contributed by atoms with Gasteiger partial charge in [-0.2, -0.15) is 9.50 Å². The molecule has 0 aliphatic heterocycles. The number of aromatic nitrogens is 3. The molecule has 4 aromatic rings. The van der Waals surface area contributed by atoms with Crippen LogP contribution in [0.1, 0.15) is 30.9 Å². The highest BCUT2D eigenvalue weighted by Crippen LogP contribution is 2.20. The Balaban J connectivity index is 1.61. The summed E-state index contributed by atoms with van der Waals surface area (Å²) in [7, 11) is 0. The molecule has 28 heavy (non-hydrogen) atoms. The average molecular weight is 391 g/mol. The molecule has 0 saturated heterocycles. The van der Waals surface area contributed by atoms with E-state index >= 15 is 0 Å². The second-order valence-electron chi connectivity index (χ2n) is 6.68. The van der Waals surface area contributed by atoms with Crippen molar-refractivity contribution in [2.24, 2.45) is 0 Å². The summed E-state index contributed by atoms with van der Waals surface area (Å²) in [6, 6.07) is 15.7. The number of benzene rings is 2. The van der Waals surface area contributed by atoms with E-state index in [0.717, 1.165) is 29.7 Å². The van der Waals surface area contributed by atoms with Crippen LogP contribution in [-0.4, -0.2) is 21.2 Å². The molecule has 0 aliphatic carbocycles. The lowest BCUT2D eigenvalue weighted by Gasteiger charge is -2.05. The van der Waals surface area contributed by atoms with Crippen molar-refractivity contribution in [3.63, 3.8) is 0 Å². The van der Waals surface area contributed by atoms with Gasteiger partial charge in [0.2, 0.25) is 4.96 Å². The minimum atomic E-state index is -0.140. The van der Waals surface area contributed by atoms with Gasteiger partial charge in [-0.15, -0.1) is 5.10 Å². The van der Waals surface area contributed by atoms with Crippen LogP contribution in [-0.2, 0) is 0 Å². The molecular weight excluding hydrogens is 370 g/mol. The van der Waals surface area contributed by atoms with Gasteiger partial charge in [0.25, 0.3) is 5.56 Å². The van der Waals surface area contributed by atoms with Gasteiger partial charge in [0.05, 0.1) is 11.1 Å². The summed E-state index contributed by atoms with van der Waals surface area (Å²) >= 11 is 1.35. The second kappa shape index (κ2) is 7.94. The number of hydrogen-bond donors (Lipinski definition) is 0. The highest BCUT2D eigenvalue weighted by molar-refractivity contribution is 7.15. The predicted molar refractivity (Wildman–Crippen MR) is 113 cm³/mol. The first-order chi connectivity index (χ1) is 13.6. The summed E-state index contributed by atoms with van der Waals surface area (Å²) in [5.41, 5.74) is 2.90. The highest BCUT2D eigenvalue weighted by Gasteiger charge is 2.12. The van der Waals surface area contributed by atoms with Crippen molar-refractivity contribution in [2.45, 2.75) is 26.7 Å². The van der Waals surface area contributed by atoms with Crippen molar-refractivity contribution >= 4 is 22.4 Å². The van der Waals surface area contributed by atoms with E-state index in [1.54, 1.807) is 0 Å². The molecular formula is C22H21N3O2S. The van der Waals surface area contributed by atoms with Gasteiger partial charge < -0.3 is 4.74 Å². The van der Waals surface area contributed by atoms with Crippen molar-refractivity contribution in [3.8, 4) is 17.1 Å². The molecule has 2 aromatic carbocycles. The normalized spacial score (nSPS) is 12.0. The summed E-state index contributed by atoms with van der Waals surface area (Å²) in [6.07, 6.45) is 4.02. The number of aryl methyl sites for hydroxylation is 1. The molecule has 0 unspecified atom stereocenters. The van der Waals surface area contributed by atoms with Crippen molar-refractivity contribution in [2.75, 3.05) is 6.61 Å². The first-order valence-electron chi connectivity index (χ1n) is 9.35. The third-order valence-electron chi connectivity index (χ3n) is 4.44. The smallest absolute Gasteiger partial charge is 0.291 e. The molecule has 6 heteroatoms. The van der Waals surface area contributed by atoms with Crippen molar-refractivity contribution in [1.82, 2.24) is 14.6 Å². The molecule has 5 nitrogen and oxygen atoms in total. The van der Waals surface area contributed by atoms with Gasteiger partial charge in [0, 0.05) is 5.56 Å². The number of rotatable bonds is 6. The van der Waals surface area contributed by atoms with Crippen LogP contribution in [0, 0.1) is 6.92 Å². The lowest BCUT2D eigenvalue weighted by atomic mass is 10.1. The molecule has 142 valence electrons. The molecule has 0 saturated carbocycles. The maximum Gasteiger partial charge on any atom is 0.291 e. The van der Waals surface area contributed by atoms with Crippen LogP contribution in [0.2, 0.25) is 0 Å². The summed E-state index contributed by atoms with van der Waals surface area (Å²) in [5.74, 6) is 1.38. The zero-order valence-electron chi connectivity index (χ0n) is 15.9. The van der Waals surface area contributed by atoms with Crippen LogP contribution < -0.4 is 14.8 Å². The largest absolute Gasteiger partial charge is 0.494 e. The van der Waals surface area contributed by atoms with Gasteiger partial charge in [-0.05, 0) is 49.2 Å². The van der Waals surface area contributed by atoms with Crippen LogP contribution in [0.4, 0.5) is 0 Å². The standard InChI is InChI=1S/C22H21N3O2S/c1-3-4-13-27-18-11-9-17(10-12-18)20-23-22-25(24-20)21(26)19(28-22)14-16-7-5-15(2)6-8-16/h5-12,14H,3-4,13H2,1-2H3. The quantitative estimate of drug-likeness (QED) is 0.469. The third-order valence-corrected chi connectivity index (χ3v) is 5.40. The molecule has 2 aromatic heterocycles. The van der Waals surface area contributed by atoms with Crippen molar-refractivity contribution in [3.05, 3.63) is 74.5 Å². The fourth-order valence-corrected chi connectivity index (χ4v) is 3.71. The molecule has 4 rings (SSSR count). The average Bonchev–Trinajstić information content (AvgIpc) is 3.24. The monoisotopic (exact) mass is 391 g/mol. The van der Waals surface area contributed by atoms with Gasteiger partial charge in [0.15, 0.2) is 5.82 Å². The third kappa shape index (κ3) is 3.82. The number of unbranched alkanes of at least 4 members (excludes halogenated alkanes) is 1. The minimum absolute atomic E-state index is 0.140. The Morgan fingerprint density at radius 2 is 1.86 bits per heavy atom. The van der Waals surface area contributed by atoms with Gasteiger partial charge in [-0.1, -0.05) is 54.5 Å². The molecule has 0 radical (unpaired) electrons. The first kappa shape index (κ1) is 18.4.